The first-order valence-corrected chi connectivity index (χ1v) is 6.72. The van der Waals surface area contributed by atoms with Crippen molar-refractivity contribution in [3.05, 3.63) is 59.2 Å². The number of hydrogen-bond donors (Lipinski definition) is 0. The molecule has 0 amide bonds. The van der Waals surface area contributed by atoms with E-state index in [1.807, 2.05) is 30.3 Å². The molecule has 2 rings (SSSR count). The summed E-state index contributed by atoms with van der Waals surface area (Å²) in [5.41, 5.74) is 3.60. The van der Waals surface area contributed by atoms with E-state index in [0.29, 0.717) is 0 Å². The molecule has 2 aromatic carbocycles. The fraction of sp³-hybridized carbons (Fsp3) is 0.200. The van der Waals surface area contributed by atoms with Gasteiger partial charge in [-0.15, -0.1) is 0 Å². The molecular formula is C15H15BrO. The summed E-state index contributed by atoms with van der Waals surface area (Å²) in [7, 11) is 0. The van der Waals surface area contributed by atoms with Gasteiger partial charge in [0.1, 0.15) is 11.5 Å². The molecule has 0 heterocycles. The highest BCUT2D eigenvalue weighted by atomic mass is 79.9. The van der Waals surface area contributed by atoms with Gasteiger partial charge >= 0.3 is 0 Å². The zero-order chi connectivity index (χ0) is 12.3. The van der Waals surface area contributed by atoms with Gasteiger partial charge in [-0.1, -0.05) is 46.3 Å². The highest BCUT2D eigenvalue weighted by Gasteiger charge is 2.06. The molecule has 88 valence electrons. The maximum absolute atomic E-state index is 5.98. The molecule has 0 radical (unpaired) electrons. The van der Waals surface area contributed by atoms with Gasteiger partial charge in [-0.25, -0.2) is 0 Å². The minimum Gasteiger partial charge on any atom is -0.457 e. The monoisotopic (exact) mass is 290 g/mol. The summed E-state index contributed by atoms with van der Waals surface area (Å²) in [5, 5.41) is 0.800. The first-order valence-electron chi connectivity index (χ1n) is 5.60. The summed E-state index contributed by atoms with van der Waals surface area (Å²) < 4.78 is 5.98. The standard InChI is InChI=1S/C15H15BrO/c1-11-6-5-9-14(12(11)2)17-15-8-4-3-7-13(15)10-16/h3-9H,10H2,1-2H3. The van der Waals surface area contributed by atoms with E-state index in [2.05, 4.69) is 41.9 Å². The van der Waals surface area contributed by atoms with E-state index in [-0.39, 0.29) is 0 Å². The first-order chi connectivity index (χ1) is 8.22. The summed E-state index contributed by atoms with van der Waals surface area (Å²) in [6, 6.07) is 14.2. The van der Waals surface area contributed by atoms with Crippen molar-refractivity contribution in [1.82, 2.24) is 0 Å². The lowest BCUT2D eigenvalue weighted by Gasteiger charge is -2.12. The lowest BCUT2D eigenvalue weighted by atomic mass is 10.1. The van der Waals surface area contributed by atoms with Crippen LogP contribution in [0.4, 0.5) is 0 Å². The molecule has 1 nitrogen and oxygen atoms in total. The van der Waals surface area contributed by atoms with E-state index < -0.39 is 0 Å². The number of benzene rings is 2. The predicted octanol–water partition coefficient (Wildman–Crippen LogP) is 4.99. The van der Waals surface area contributed by atoms with E-state index in [1.165, 1.54) is 11.1 Å². The van der Waals surface area contributed by atoms with Crippen molar-refractivity contribution in [1.29, 1.82) is 0 Å². The first kappa shape index (κ1) is 12.2. The third-order valence-corrected chi connectivity index (χ3v) is 3.50. The highest BCUT2D eigenvalue weighted by Crippen LogP contribution is 2.30. The molecular weight excluding hydrogens is 276 g/mol. The fourth-order valence-corrected chi connectivity index (χ4v) is 2.13. The maximum Gasteiger partial charge on any atom is 0.131 e. The summed E-state index contributed by atoms with van der Waals surface area (Å²) in [4.78, 5) is 0. The van der Waals surface area contributed by atoms with Crippen LogP contribution in [0, 0.1) is 13.8 Å². The molecule has 0 aliphatic carbocycles. The molecule has 0 bridgehead atoms. The van der Waals surface area contributed by atoms with E-state index in [9.17, 15) is 0 Å². The minimum atomic E-state index is 0.800. The number of halogens is 1. The number of rotatable bonds is 3. The molecule has 0 aliphatic heterocycles. The van der Waals surface area contributed by atoms with E-state index in [1.54, 1.807) is 0 Å². The van der Waals surface area contributed by atoms with Crippen molar-refractivity contribution in [2.75, 3.05) is 0 Å². The largest absolute Gasteiger partial charge is 0.457 e. The second kappa shape index (κ2) is 5.37. The van der Waals surface area contributed by atoms with Crippen LogP contribution in [0.2, 0.25) is 0 Å². The Kier molecular flexibility index (Phi) is 3.85. The average molecular weight is 291 g/mol. The van der Waals surface area contributed by atoms with Crippen molar-refractivity contribution >= 4 is 15.9 Å². The molecule has 0 aliphatic rings. The molecule has 0 unspecified atom stereocenters. The summed E-state index contributed by atoms with van der Waals surface area (Å²) in [5.74, 6) is 1.84. The quantitative estimate of drug-likeness (QED) is 0.724. The SMILES string of the molecule is Cc1cccc(Oc2ccccc2CBr)c1C. The topological polar surface area (TPSA) is 9.23 Å². The molecule has 2 aromatic rings. The number of para-hydroxylation sites is 1. The normalized spacial score (nSPS) is 10.3. The molecule has 0 N–H and O–H groups in total. The van der Waals surface area contributed by atoms with Gasteiger partial charge in [0.15, 0.2) is 0 Å². The van der Waals surface area contributed by atoms with E-state index in [4.69, 9.17) is 4.74 Å². The Balaban J connectivity index is 2.35. The van der Waals surface area contributed by atoms with Gasteiger partial charge in [0.05, 0.1) is 0 Å². The summed E-state index contributed by atoms with van der Waals surface area (Å²) in [6.45, 7) is 4.18. The Morgan fingerprint density at radius 2 is 1.65 bits per heavy atom. The van der Waals surface area contributed by atoms with Gasteiger partial charge in [-0.3, -0.25) is 0 Å². The van der Waals surface area contributed by atoms with Crippen LogP contribution in [0.15, 0.2) is 42.5 Å². The van der Waals surface area contributed by atoms with Gasteiger partial charge in [-0.05, 0) is 37.1 Å². The summed E-state index contributed by atoms with van der Waals surface area (Å²) in [6.07, 6.45) is 0. The van der Waals surface area contributed by atoms with Crippen molar-refractivity contribution in [2.45, 2.75) is 19.2 Å². The highest BCUT2D eigenvalue weighted by molar-refractivity contribution is 9.08. The Hall–Kier alpha value is -1.28. The zero-order valence-corrected chi connectivity index (χ0v) is 11.6. The van der Waals surface area contributed by atoms with Gasteiger partial charge in [0.2, 0.25) is 0 Å². The molecule has 0 saturated heterocycles. The van der Waals surface area contributed by atoms with Gasteiger partial charge in [0.25, 0.3) is 0 Å². The van der Waals surface area contributed by atoms with Crippen LogP contribution in [-0.2, 0) is 5.33 Å². The Bertz CT molecular complexity index is 520. The number of alkyl halides is 1. The second-order valence-corrected chi connectivity index (χ2v) is 4.60. The van der Waals surface area contributed by atoms with Crippen LogP contribution < -0.4 is 4.74 Å². The number of aryl methyl sites for hydroxylation is 1. The molecule has 0 saturated carbocycles. The Morgan fingerprint density at radius 1 is 0.941 bits per heavy atom. The van der Waals surface area contributed by atoms with E-state index >= 15 is 0 Å². The lowest BCUT2D eigenvalue weighted by Crippen LogP contribution is -1.92. The number of ether oxygens (including phenoxy) is 1. The molecule has 17 heavy (non-hydrogen) atoms. The third kappa shape index (κ3) is 2.70. The maximum atomic E-state index is 5.98. The Morgan fingerprint density at radius 3 is 2.41 bits per heavy atom. The van der Waals surface area contributed by atoms with Crippen LogP contribution >= 0.6 is 15.9 Å². The van der Waals surface area contributed by atoms with Crippen molar-refractivity contribution in [3.63, 3.8) is 0 Å². The van der Waals surface area contributed by atoms with Gasteiger partial charge in [-0.2, -0.15) is 0 Å². The van der Waals surface area contributed by atoms with Crippen LogP contribution in [0.5, 0.6) is 11.5 Å². The second-order valence-electron chi connectivity index (χ2n) is 4.04. The van der Waals surface area contributed by atoms with Crippen LogP contribution in [0.1, 0.15) is 16.7 Å². The smallest absolute Gasteiger partial charge is 0.131 e. The van der Waals surface area contributed by atoms with Crippen LogP contribution in [0.25, 0.3) is 0 Å². The van der Waals surface area contributed by atoms with Crippen molar-refractivity contribution < 1.29 is 4.74 Å². The fourth-order valence-electron chi connectivity index (χ4n) is 1.67. The number of hydrogen-bond acceptors (Lipinski definition) is 1. The zero-order valence-electron chi connectivity index (χ0n) is 10.0. The molecule has 2 heteroatoms. The van der Waals surface area contributed by atoms with Crippen LogP contribution in [0.3, 0.4) is 0 Å². The lowest BCUT2D eigenvalue weighted by molar-refractivity contribution is 0.474. The summed E-state index contributed by atoms with van der Waals surface area (Å²) >= 11 is 3.47. The molecule has 0 atom stereocenters. The van der Waals surface area contributed by atoms with Crippen LogP contribution in [-0.4, -0.2) is 0 Å². The Labute approximate surface area is 111 Å². The van der Waals surface area contributed by atoms with Crippen molar-refractivity contribution in [2.24, 2.45) is 0 Å². The minimum absolute atomic E-state index is 0.800. The van der Waals surface area contributed by atoms with E-state index in [0.717, 1.165) is 22.4 Å². The average Bonchev–Trinajstić information content (AvgIpc) is 2.35. The molecule has 0 spiro atoms. The molecule has 0 fully saturated rings. The van der Waals surface area contributed by atoms with Gasteiger partial charge < -0.3 is 4.74 Å². The predicted molar refractivity (Wildman–Crippen MR) is 75.1 cm³/mol. The third-order valence-electron chi connectivity index (χ3n) is 2.89. The van der Waals surface area contributed by atoms with Crippen molar-refractivity contribution in [3.8, 4) is 11.5 Å². The van der Waals surface area contributed by atoms with Gasteiger partial charge in [0, 0.05) is 10.9 Å². The molecule has 0 aromatic heterocycles.